The van der Waals surface area contributed by atoms with Crippen molar-refractivity contribution in [1.29, 1.82) is 0 Å². The fourth-order valence-electron chi connectivity index (χ4n) is 4.04. The Hall–Kier alpha value is -2.90. The molecular formula is C24H29ClN6O. The number of halogens is 1. The molecule has 1 saturated heterocycles. The third kappa shape index (κ3) is 4.79. The summed E-state index contributed by atoms with van der Waals surface area (Å²) in [7, 11) is 2.13. The van der Waals surface area contributed by atoms with Crippen LogP contribution in [0, 0.1) is 0 Å². The second-order valence-electron chi connectivity index (χ2n) is 8.45. The van der Waals surface area contributed by atoms with Crippen molar-refractivity contribution in [3.63, 3.8) is 0 Å². The molecule has 0 saturated carbocycles. The predicted octanol–water partition coefficient (Wildman–Crippen LogP) is 3.73. The third-order valence-electron chi connectivity index (χ3n) is 5.76. The molecule has 168 valence electrons. The van der Waals surface area contributed by atoms with Crippen LogP contribution in [0.3, 0.4) is 0 Å². The molecule has 1 aliphatic rings. The minimum Gasteiger partial charge on any atom is -0.354 e. The van der Waals surface area contributed by atoms with E-state index in [1.54, 1.807) is 10.9 Å². The van der Waals surface area contributed by atoms with Gasteiger partial charge in [0.15, 0.2) is 0 Å². The fraction of sp³-hybridized carbons (Fsp3) is 0.375. The molecule has 32 heavy (non-hydrogen) atoms. The molecule has 0 bridgehead atoms. The summed E-state index contributed by atoms with van der Waals surface area (Å²) in [5, 5.41) is 8.21. The number of piperazine rings is 1. The molecule has 3 heterocycles. The summed E-state index contributed by atoms with van der Waals surface area (Å²) in [5.41, 5.74) is 3.28. The first-order chi connectivity index (χ1) is 15.4. The number of nitrogens with one attached hydrogen (secondary N) is 1. The molecule has 7 nitrogen and oxygen atoms in total. The smallest absolute Gasteiger partial charge is 0.255 e. The minimum absolute atomic E-state index is 0.108. The zero-order valence-electron chi connectivity index (χ0n) is 18.8. The number of carbonyl (C=O) groups excluding carboxylic acids is 1. The number of hydrogen-bond donors (Lipinski definition) is 1. The van der Waals surface area contributed by atoms with Gasteiger partial charge in [0.2, 0.25) is 0 Å². The van der Waals surface area contributed by atoms with Gasteiger partial charge >= 0.3 is 0 Å². The molecule has 1 N–H and O–H groups in total. The average molecular weight is 453 g/mol. The van der Waals surface area contributed by atoms with Crippen LogP contribution < -0.4 is 10.2 Å². The van der Waals surface area contributed by atoms with Crippen molar-refractivity contribution >= 4 is 23.3 Å². The second-order valence-corrected chi connectivity index (χ2v) is 8.89. The van der Waals surface area contributed by atoms with Crippen LogP contribution in [0.25, 0.3) is 5.69 Å². The monoisotopic (exact) mass is 452 g/mol. The number of likely N-dealkylation sites (N-methyl/N-ethyl adjacent to an activating group) is 1. The van der Waals surface area contributed by atoms with Crippen LogP contribution in [0.5, 0.6) is 0 Å². The number of pyridine rings is 1. The number of anilines is 1. The Morgan fingerprint density at radius 1 is 1.16 bits per heavy atom. The second kappa shape index (κ2) is 9.71. The van der Waals surface area contributed by atoms with Crippen LogP contribution in [0.2, 0.25) is 5.02 Å². The molecular weight excluding hydrogens is 424 g/mol. The standard InChI is InChI=1S/C24H29ClN6O/c1-17(2)22-21(16-28-31(22)20-8-4-7-19(25)14-20)24(32)27-15-18-6-5-9-26-23(18)30-12-10-29(3)11-13-30/h4-9,14,16-17H,10-13,15H2,1-3H3,(H,27,32). The van der Waals surface area contributed by atoms with Crippen LogP contribution in [-0.4, -0.2) is 58.8 Å². The Bertz CT molecular complexity index is 1090. The largest absolute Gasteiger partial charge is 0.354 e. The van der Waals surface area contributed by atoms with Crippen molar-refractivity contribution in [2.24, 2.45) is 0 Å². The van der Waals surface area contributed by atoms with Gasteiger partial charge in [-0.15, -0.1) is 0 Å². The SMILES string of the molecule is CC(C)c1c(C(=O)NCc2cccnc2N2CCN(C)CC2)cnn1-c1cccc(Cl)c1. The maximum absolute atomic E-state index is 13.2. The highest BCUT2D eigenvalue weighted by Gasteiger charge is 2.22. The van der Waals surface area contributed by atoms with Gasteiger partial charge in [-0.05, 0) is 37.2 Å². The van der Waals surface area contributed by atoms with Gasteiger partial charge in [-0.3, -0.25) is 4.79 Å². The topological polar surface area (TPSA) is 66.3 Å². The molecule has 2 aromatic heterocycles. The van der Waals surface area contributed by atoms with Crippen LogP contribution in [0.1, 0.15) is 41.4 Å². The van der Waals surface area contributed by atoms with Crippen LogP contribution in [0.15, 0.2) is 48.8 Å². The highest BCUT2D eigenvalue weighted by atomic mass is 35.5. The third-order valence-corrected chi connectivity index (χ3v) is 6.00. The van der Waals surface area contributed by atoms with Crippen molar-refractivity contribution in [3.05, 3.63) is 70.6 Å². The molecule has 0 aliphatic carbocycles. The van der Waals surface area contributed by atoms with E-state index in [1.807, 2.05) is 42.6 Å². The first-order valence-corrected chi connectivity index (χ1v) is 11.3. The molecule has 1 amide bonds. The quantitative estimate of drug-likeness (QED) is 0.617. The summed E-state index contributed by atoms with van der Waals surface area (Å²) in [4.78, 5) is 22.4. The van der Waals surface area contributed by atoms with Gasteiger partial charge in [-0.1, -0.05) is 37.6 Å². The first-order valence-electron chi connectivity index (χ1n) is 10.9. The highest BCUT2D eigenvalue weighted by molar-refractivity contribution is 6.30. The van der Waals surface area contributed by atoms with Gasteiger partial charge < -0.3 is 15.1 Å². The normalized spacial score (nSPS) is 14.7. The van der Waals surface area contributed by atoms with E-state index >= 15 is 0 Å². The lowest BCUT2D eigenvalue weighted by molar-refractivity contribution is 0.0949. The van der Waals surface area contributed by atoms with Gasteiger partial charge in [-0.2, -0.15) is 5.10 Å². The highest BCUT2D eigenvalue weighted by Crippen LogP contribution is 2.25. The van der Waals surface area contributed by atoms with Gasteiger partial charge in [0.1, 0.15) is 5.82 Å². The Morgan fingerprint density at radius 3 is 2.66 bits per heavy atom. The van der Waals surface area contributed by atoms with E-state index in [9.17, 15) is 4.79 Å². The van der Waals surface area contributed by atoms with E-state index in [0.29, 0.717) is 17.1 Å². The van der Waals surface area contributed by atoms with Crippen molar-refractivity contribution in [1.82, 2.24) is 25.0 Å². The maximum atomic E-state index is 13.2. The van der Waals surface area contributed by atoms with Crippen molar-refractivity contribution in [3.8, 4) is 5.69 Å². The molecule has 3 aromatic rings. The van der Waals surface area contributed by atoms with Gasteiger partial charge in [-0.25, -0.2) is 9.67 Å². The minimum atomic E-state index is -0.143. The number of rotatable bonds is 6. The Labute approximate surface area is 194 Å². The van der Waals surface area contributed by atoms with Gasteiger partial charge in [0.25, 0.3) is 5.91 Å². The predicted molar refractivity (Wildman–Crippen MR) is 128 cm³/mol. The molecule has 1 fully saturated rings. The summed E-state index contributed by atoms with van der Waals surface area (Å²) in [5.74, 6) is 0.909. The molecule has 8 heteroatoms. The van der Waals surface area contributed by atoms with E-state index < -0.39 is 0 Å². The average Bonchev–Trinajstić information content (AvgIpc) is 3.24. The van der Waals surface area contributed by atoms with Crippen molar-refractivity contribution in [2.45, 2.75) is 26.3 Å². The molecule has 1 aromatic carbocycles. The summed E-state index contributed by atoms with van der Waals surface area (Å²) < 4.78 is 1.80. The number of benzene rings is 1. The number of carbonyl (C=O) groups is 1. The fourth-order valence-corrected chi connectivity index (χ4v) is 4.23. The van der Waals surface area contributed by atoms with Gasteiger partial charge in [0.05, 0.1) is 23.1 Å². The molecule has 4 rings (SSSR count). The summed E-state index contributed by atoms with van der Waals surface area (Å²) in [6.45, 7) is 8.39. The Balaban J connectivity index is 1.53. The lowest BCUT2D eigenvalue weighted by Gasteiger charge is -2.34. The molecule has 1 aliphatic heterocycles. The Morgan fingerprint density at radius 2 is 1.94 bits per heavy atom. The van der Waals surface area contributed by atoms with E-state index in [4.69, 9.17) is 11.6 Å². The summed E-state index contributed by atoms with van der Waals surface area (Å²) >= 11 is 6.17. The van der Waals surface area contributed by atoms with E-state index in [-0.39, 0.29) is 11.8 Å². The van der Waals surface area contributed by atoms with E-state index in [1.165, 1.54) is 0 Å². The van der Waals surface area contributed by atoms with Crippen LogP contribution in [-0.2, 0) is 6.54 Å². The maximum Gasteiger partial charge on any atom is 0.255 e. The molecule has 0 radical (unpaired) electrons. The first kappa shape index (κ1) is 22.3. The summed E-state index contributed by atoms with van der Waals surface area (Å²) in [6.07, 6.45) is 3.45. The molecule has 0 atom stereocenters. The molecule has 0 unspecified atom stereocenters. The van der Waals surface area contributed by atoms with E-state index in [2.05, 4.69) is 46.1 Å². The lowest BCUT2D eigenvalue weighted by atomic mass is 10.0. The van der Waals surface area contributed by atoms with E-state index in [0.717, 1.165) is 48.9 Å². The number of nitrogens with zero attached hydrogens (tertiary/aromatic N) is 5. The lowest BCUT2D eigenvalue weighted by Crippen LogP contribution is -2.45. The number of amides is 1. The summed E-state index contributed by atoms with van der Waals surface area (Å²) in [6, 6.07) is 11.4. The number of aromatic nitrogens is 3. The Kier molecular flexibility index (Phi) is 6.77. The van der Waals surface area contributed by atoms with Gasteiger partial charge in [0, 0.05) is 49.5 Å². The van der Waals surface area contributed by atoms with Crippen molar-refractivity contribution in [2.75, 3.05) is 38.1 Å². The zero-order chi connectivity index (χ0) is 22.7. The molecule has 0 spiro atoms. The number of hydrogen-bond acceptors (Lipinski definition) is 5. The van der Waals surface area contributed by atoms with Crippen LogP contribution in [0.4, 0.5) is 5.82 Å². The van der Waals surface area contributed by atoms with Crippen molar-refractivity contribution < 1.29 is 4.79 Å². The zero-order valence-corrected chi connectivity index (χ0v) is 19.5. The van der Waals surface area contributed by atoms with Crippen LogP contribution >= 0.6 is 11.6 Å².